The van der Waals surface area contributed by atoms with Gasteiger partial charge >= 0.3 is 0 Å². The van der Waals surface area contributed by atoms with E-state index in [1.807, 2.05) is 0 Å². The Morgan fingerprint density at radius 3 is 2.06 bits per heavy atom. The molecule has 5 atom stereocenters. The van der Waals surface area contributed by atoms with Crippen molar-refractivity contribution in [1.29, 1.82) is 0 Å². The Hall–Kier alpha value is 0.177. The lowest BCUT2D eigenvalue weighted by molar-refractivity contribution is 0.0642. The molecule has 3 aliphatic carbocycles. The van der Waals surface area contributed by atoms with Crippen LogP contribution in [0.2, 0.25) is 26.2 Å². The fraction of sp³-hybridized carbons (Fsp3) is 1.00. The molecule has 0 aliphatic heterocycles. The fourth-order valence-corrected chi connectivity index (χ4v) is 4.03. The summed E-state index contributed by atoms with van der Waals surface area (Å²) in [7, 11) is -0.611. The van der Waals surface area contributed by atoms with Crippen LogP contribution >= 0.6 is 0 Å². The van der Waals surface area contributed by atoms with Gasteiger partial charge in [0.15, 0.2) is 0 Å². The highest BCUT2D eigenvalue weighted by atomic mass is 28.3. The zero-order valence-corrected chi connectivity index (χ0v) is 12.4. The lowest BCUT2D eigenvalue weighted by atomic mass is 9.80. The molecule has 3 rings (SSSR count). The molecule has 3 saturated carbocycles. The molecule has 16 heavy (non-hydrogen) atoms. The first-order valence-electron chi connectivity index (χ1n) is 7.04. The van der Waals surface area contributed by atoms with E-state index >= 15 is 0 Å². The summed E-state index contributed by atoms with van der Waals surface area (Å²) < 4.78 is 0. The maximum atomic E-state index is 9.67. The second-order valence-electron chi connectivity index (χ2n) is 7.72. The van der Waals surface area contributed by atoms with E-state index in [1.165, 1.54) is 25.7 Å². The Morgan fingerprint density at radius 2 is 1.44 bits per heavy atom. The van der Waals surface area contributed by atoms with E-state index in [1.54, 1.807) is 0 Å². The third kappa shape index (κ3) is 2.70. The Bertz CT molecular complexity index is 240. The average molecular weight is 240 g/mol. The smallest absolute Gasteiger partial charge is 0.0574 e. The SMILES string of the molecule is C[Si](C)(C)C.OC1CC2CC1C1CCCC21. The minimum atomic E-state index is -0.611. The van der Waals surface area contributed by atoms with Crippen molar-refractivity contribution in [3.05, 3.63) is 0 Å². The molecule has 0 heterocycles. The number of hydrogen-bond acceptors (Lipinski definition) is 1. The van der Waals surface area contributed by atoms with E-state index < -0.39 is 8.07 Å². The normalized spacial score (nSPS) is 45.2. The van der Waals surface area contributed by atoms with Gasteiger partial charge in [0.25, 0.3) is 0 Å². The van der Waals surface area contributed by atoms with E-state index in [-0.39, 0.29) is 6.10 Å². The summed E-state index contributed by atoms with van der Waals surface area (Å²) in [6, 6.07) is 0. The highest BCUT2D eigenvalue weighted by molar-refractivity contribution is 6.74. The third-order valence-electron chi connectivity index (χ3n) is 4.39. The number of fused-ring (bicyclic) bond motifs is 5. The molecule has 1 N–H and O–H groups in total. The van der Waals surface area contributed by atoms with E-state index in [0.717, 1.165) is 24.2 Å². The van der Waals surface area contributed by atoms with Crippen LogP contribution in [0.15, 0.2) is 0 Å². The van der Waals surface area contributed by atoms with Crippen LogP contribution in [0.1, 0.15) is 32.1 Å². The molecule has 1 nitrogen and oxygen atoms in total. The summed E-state index contributed by atoms with van der Waals surface area (Å²) >= 11 is 0. The zero-order chi connectivity index (χ0) is 11.9. The summed E-state index contributed by atoms with van der Waals surface area (Å²) in [5.74, 6) is 3.60. The van der Waals surface area contributed by atoms with Crippen LogP contribution in [-0.4, -0.2) is 19.3 Å². The number of aliphatic hydroxyl groups is 1. The van der Waals surface area contributed by atoms with Crippen molar-refractivity contribution >= 4 is 8.07 Å². The second kappa shape index (κ2) is 4.45. The summed E-state index contributed by atoms with van der Waals surface area (Å²) in [4.78, 5) is 0. The predicted octanol–water partition coefficient (Wildman–Crippen LogP) is 3.76. The van der Waals surface area contributed by atoms with Crippen LogP contribution in [0.3, 0.4) is 0 Å². The maximum Gasteiger partial charge on any atom is 0.0574 e. The first kappa shape index (κ1) is 12.6. The first-order valence-corrected chi connectivity index (χ1v) is 11.0. The molecule has 0 radical (unpaired) electrons. The monoisotopic (exact) mass is 240 g/mol. The highest BCUT2D eigenvalue weighted by Crippen LogP contribution is 2.58. The van der Waals surface area contributed by atoms with Crippen LogP contribution in [0.25, 0.3) is 0 Å². The lowest BCUT2D eigenvalue weighted by Gasteiger charge is -2.28. The van der Waals surface area contributed by atoms with Gasteiger partial charge in [0.05, 0.1) is 6.10 Å². The summed E-state index contributed by atoms with van der Waals surface area (Å²) in [5.41, 5.74) is 0. The van der Waals surface area contributed by atoms with Crippen LogP contribution in [-0.2, 0) is 0 Å². The first-order chi connectivity index (χ1) is 7.36. The van der Waals surface area contributed by atoms with E-state index in [0.29, 0.717) is 5.92 Å². The van der Waals surface area contributed by atoms with Gasteiger partial charge < -0.3 is 5.11 Å². The van der Waals surface area contributed by atoms with Crippen LogP contribution in [0.5, 0.6) is 0 Å². The molecule has 2 bridgehead atoms. The number of hydrogen-bond donors (Lipinski definition) is 1. The van der Waals surface area contributed by atoms with Crippen molar-refractivity contribution in [2.24, 2.45) is 23.7 Å². The van der Waals surface area contributed by atoms with Crippen molar-refractivity contribution in [3.8, 4) is 0 Å². The van der Waals surface area contributed by atoms with Gasteiger partial charge in [0, 0.05) is 8.07 Å². The molecule has 94 valence electrons. The Labute approximate surface area is 102 Å². The predicted molar refractivity (Wildman–Crippen MR) is 72.3 cm³/mol. The molecule has 3 aliphatic rings. The van der Waals surface area contributed by atoms with E-state index in [2.05, 4.69) is 26.2 Å². The fourth-order valence-electron chi connectivity index (χ4n) is 4.03. The Balaban J connectivity index is 0.000000168. The molecule has 0 spiro atoms. The third-order valence-corrected chi connectivity index (χ3v) is 4.39. The molecule has 5 unspecified atom stereocenters. The Kier molecular flexibility index (Phi) is 3.51. The van der Waals surface area contributed by atoms with Gasteiger partial charge in [0.1, 0.15) is 0 Å². The zero-order valence-electron chi connectivity index (χ0n) is 11.4. The minimum Gasteiger partial charge on any atom is -0.393 e. The molecule has 2 heteroatoms. The largest absolute Gasteiger partial charge is 0.393 e. The second-order valence-corrected chi connectivity index (χ2v) is 13.7. The van der Waals surface area contributed by atoms with E-state index in [9.17, 15) is 5.11 Å². The molecular weight excluding hydrogens is 212 g/mol. The van der Waals surface area contributed by atoms with Gasteiger partial charge in [0.2, 0.25) is 0 Å². The van der Waals surface area contributed by atoms with Crippen LogP contribution < -0.4 is 0 Å². The van der Waals surface area contributed by atoms with Crippen molar-refractivity contribution in [3.63, 3.8) is 0 Å². The molecule has 0 aromatic rings. The van der Waals surface area contributed by atoms with Crippen molar-refractivity contribution in [2.45, 2.75) is 64.4 Å². The number of aliphatic hydroxyl groups excluding tert-OH is 1. The minimum absolute atomic E-state index is 0.0827. The molecule has 0 amide bonds. The van der Waals surface area contributed by atoms with Gasteiger partial charge in [-0.3, -0.25) is 0 Å². The molecule has 0 aromatic heterocycles. The van der Waals surface area contributed by atoms with Gasteiger partial charge in [-0.2, -0.15) is 0 Å². The summed E-state index contributed by atoms with van der Waals surface area (Å²) in [6.45, 7) is 9.31. The topological polar surface area (TPSA) is 20.2 Å². The van der Waals surface area contributed by atoms with E-state index in [4.69, 9.17) is 0 Å². The van der Waals surface area contributed by atoms with Gasteiger partial charge in [-0.05, 0) is 49.4 Å². The molecule has 0 saturated heterocycles. The standard InChI is InChI=1S/C10H16O.C4H12Si/c11-10-5-6-4-9(10)8-3-1-2-7(6)8;1-5(2,3)4/h6-11H,1-5H2;1-4H3. The van der Waals surface area contributed by atoms with Gasteiger partial charge in [-0.25, -0.2) is 0 Å². The molecule has 0 aromatic carbocycles. The van der Waals surface area contributed by atoms with Crippen molar-refractivity contribution < 1.29 is 5.11 Å². The van der Waals surface area contributed by atoms with Crippen molar-refractivity contribution in [1.82, 2.24) is 0 Å². The molecule has 3 fully saturated rings. The number of rotatable bonds is 0. The average Bonchev–Trinajstić information content (AvgIpc) is 2.67. The van der Waals surface area contributed by atoms with Crippen LogP contribution in [0.4, 0.5) is 0 Å². The quantitative estimate of drug-likeness (QED) is 0.639. The van der Waals surface area contributed by atoms with Crippen LogP contribution in [0, 0.1) is 23.7 Å². The van der Waals surface area contributed by atoms with Gasteiger partial charge in [-0.1, -0.05) is 32.6 Å². The maximum absolute atomic E-state index is 9.67. The molecular formula is C14H28OSi. The highest BCUT2D eigenvalue weighted by Gasteiger charge is 2.53. The van der Waals surface area contributed by atoms with Gasteiger partial charge in [-0.15, -0.1) is 0 Å². The lowest BCUT2D eigenvalue weighted by Crippen LogP contribution is -2.27. The summed E-state index contributed by atoms with van der Waals surface area (Å²) in [6.07, 6.45) is 6.90. The Morgan fingerprint density at radius 1 is 0.875 bits per heavy atom. The van der Waals surface area contributed by atoms with Crippen molar-refractivity contribution in [2.75, 3.05) is 0 Å². The summed E-state index contributed by atoms with van der Waals surface area (Å²) in [5, 5.41) is 9.67.